The highest BCUT2D eigenvalue weighted by Crippen LogP contribution is 2.18. The number of halogens is 2. The zero-order valence-corrected chi connectivity index (χ0v) is 9.00. The number of rotatable bonds is 2. The second-order valence-electron chi connectivity index (χ2n) is 4.21. The van der Waals surface area contributed by atoms with Gasteiger partial charge in [-0.3, -0.25) is 4.90 Å². The Morgan fingerprint density at radius 3 is 2.31 bits per heavy atom. The molecule has 2 rings (SSSR count). The maximum Gasteiger partial charge on any atom is 0.130 e. The van der Waals surface area contributed by atoms with E-state index in [-0.39, 0.29) is 18.2 Å². The minimum absolute atomic E-state index is 0.124. The largest absolute Gasteiger partial charge is 0.393 e. The third-order valence-electron chi connectivity index (χ3n) is 3.00. The molecule has 0 aromatic heterocycles. The average molecular weight is 227 g/mol. The minimum atomic E-state index is -0.494. The van der Waals surface area contributed by atoms with E-state index in [4.69, 9.17) is 0 Å². The second kappa shape index (κ2) is 4.89. The first-order chi connectivity index (χ1) is 7.66. The van der Waals surface area contributed by atoms with Crippen molar-refractivity contribution in [3.63, 3.8) is 0 Å². The van der Waals surface area contributed by atoms with Crippen LogP contribution in [0.2, 0.25) is 0 Å². The molecule has 0 aliphatic carbocycles. The molecule has 1 aromatic rings. The first-order valence-electron chi connectivity index (χ1n) is 5.50. The average Bonchev–Trinajstić information content (AvgIpc) is 2.26. The zero-order chi connectivity index (χ0) is 11.5. The lowest BCUT2D eigenvalue weighted by Crippen LogP contribution is -2.35. The number of hydrogen-bond acceptors (Lipinski definition) is 2. The van der Waals surface area contributed by atoms with Gasteiger partial charge in [0.15, 0.2) is 0 Å². The summed E-state index contributed by atoms with van der Waals surface area (Å²) in [5.74, 6) is -0.989. The Hall–Kier alpha value is -1.00. The lowest BCUT2D eigenvalue weighted by atomic mass is 10.1. The SMILES string of the molecule is OC1CCN(Cc2c(F)cccc2F)CC1. The van der Waals surface area contributed by atoms with Crippen LogP contribution in [0, 0.1) is 11.6 Å². The van der Waals surface area contributed by atoms with Gasteiger partial charge >= 0.3 is 0 Å². The highest BCUT2D eigenvalue weighted by atomic mass is 19.1. The predicted molar refractivity (Wildman–Crippen MR) is 56.9 cm³/mol. The van der Waals surface area contributed by atoms with Gasteiger partial charge in [0, 0.05) is 25.2 Å². The summed E-state index contributed by atoms with van der Waals surface area (Å²) in [4.78, 5) is 1.97. The molecule has 1 aliphatic heterocycles. The van der Waals surface area contributed by atoms with Gasteiger partial charge in [0.25, 0.3) is 0 Å². The van der Waals surface area contributed by atoms with Crippen molar-refractivity contribution in [3.8, 4) is 0 Å². The monoisotopic (exact) mass is 227 g/mol. The smallest absolute Gasteiger partial charge is 0.130 e. The molecular weight excluding hydrogens is 212 g/mol. The maximum atomic E-state index is 13.4. The van der Waals surface area contributed by atoms with Crippen LogP contribution in [0.5, 0.6) is 0 Å². The van der Waals surface area contributed by atoms with E-state index in [1.165, 1.54) is 18.2 Å². The van der Waals surface area contributed by atoms with Crippen LogP contribution >= 0.6 is 0 Å². The predicted octanol–water partition coefficient (Wildman–Crippen LogP) is 1.92. The molecule has 1 fully saturated rings. The maximum absolute atomic E-state index is 13.4. The molecule has 4 heteroatoms. The molecule has 0 atom stereocenters. The Kier molecular flexibility index (Phi) is 3.51. The van der Waals surface area contributed by atoms with Gasteiger partial charge in [-0.25, -0.2) is 8.78 Å². The molecule has 0 unspecified atom stereocenters. The molecule has 1 aromatic carbocycles. The first kappa shape index (κ1) is 11.5. The summed E-state index contributed by atoms with van der Waals surface area (Å²) in [5.41, 5.74) is 0.124. The highest BCUT2D eigenvalue weighted by molar-refractivity contribution is 5.19. The van der Waals surface area contributed by atoms with Crippen LogP contribution in [0.15, 0.2) is 18.2 Å². The van der Waals surface area contributed by atoms with Gasteiger partial charge in [0.05, 0.1) is 6.10 Å². The van der Waals surface area contributed by atoms with Crippen molar-refractivity contribution in [1.29, 1.82) is 0 Å². The fraction of sp³-hybridized carbons (Fsp3) is 0.500. The van der Waals surface area contributed by atoms with Crippen LogP contribution < -0.4 is 0 Å². The van der Waals surface area contributed by atoms with Crippen LogP contribution in [0.25, 0.3) is 0 Å². The molecule has 2 nitrogen and oxygen atoms in total. The number of aliphatic hydroxyl groups is 1. The number of aliphatic hydroxyl groups excluding tert-OH is 1. The molecule has 0 radical (unpaired) electrons. The van der Waals surface area contributed by atoms with Gasteiger partial charge in [-0.2, -0.15) is 0 Å². The Morgan fingerprint density at radius 2 is 1.75 bits per heavy atom. The topological polar surface area (TPSA) is 23.5 Å². The third-order valence-corrected chi connectivity index (χ3v) is 3.00. The van der Waals surface area contributed by atoms with Gasteiger partial charge < -0.3 is 5.11 Å². The lowest BCUT2D eigenvalue weighted by molar-refractivity contribution is 0.0782. The Bertz CT molecular complexity index is 342. The van der Waals surface area contributed by atoms with Crippen molar-refractivity contribution in [2.75, 3.05) is 13.1 Å². The molecule has 16 heavy (non-hydrogen) atoms. The van der Waals surface area contributed by atoms with Crippen LogP contribution in [0.3, 0.4) is 0 Å². The molecule has 0 amide bonds. The van der Waals surface area contributed by atoms with Crippen LogP contribution in [-0.4, -0.2) is 29.2 Å². The molecule has 0 saturated carbocycles. The summed E-state index contributed by atoms with van der Waals surface area (Å²) < 4.78 is 26.7. The standard InChI is InChI=1S/C12H15F2NO/c13-11-2-1-3-12(14)10(11)8-15-6-4-9(16)5-7-15/h1-3,9,16H,4-8H2. The van der Waals surface area contributed by atoms with Gasteiger partial charge in [0.1, 0.15) is 11.6 Å². The fourth-order valence-electron chi connectivity index (χ4n) is 1.98. The molecule has 1 N–H and O–H groups in total. The van der Waals surface area contributed by atoms with Gasteiger partial charge in [-0.05, 0) is 25.0 Å². The van der Waals surface area contributed by atoms with Crippen molar-refractivity contribution in [2.45, 2.75) is 25.5 Å². The molecule has 1 heterocycles. The van der Waals surface area contributed by atoms with E-state index in [1.54, 1.807) is 0 Å². The van der Waals surface area contributed by atoms with Crippen LogP contribution in [-0.2, 0) is 6.54 Å². The molecule has 0 spiro atoms. The number of piperidine rings is 1. The van der Waals surface area contributed by atoms with E-state index >= 15 is 0 Å². The quantitative estimate of drug-likeness (QED) is 0.834. The van der Waals surface area contributed by atoms with Gasteiger partial charge in [-0.1, -0.05) is 6.07 Å². The highest BCUT2D eigenvalue weighted by Gasteiger charge is 2.19. The Balaban J connectivity index is 2.04. The second-order valence-corrected chi connectivity index (χ2v) is 4.21. The van der Waals surface area contributed by atoms with E-state index in [1.807, 2.05) is 4.90 Å². The summed E-state index contributed by atoms with van der Waals surface area (Å²) in [5, 5.41) is 9.33. The number of benzene rings is 1. The van der Waals surface area contributed by atoms with Crippen LogP contribution in [0.1, 0.15) is 18.4 Å². The molecule has 1 aliphatic rings. The van der Waals surface area contributed by atoms with Gasteiger partial charge in [0.2, 0.25) is 0 Å². The fourth-order valence-corrected chi connectivity index (χ4v) is 1.98. The number of hydrogen-bond donors (Lipinski definition) is 1. The lowest BCUT2D eigenvalue weighted by Gasteiger charge is -2.29. The number of likely N-dealkylation sites (tertiary alicyclic amines) is 1. The van der Waals surface area contributed by atoms with Crippen molar-refractivity contribution >= 4 is 0 Å². The Morgan fingerprint density at radius 1 is 1.19 bits per heavy atom. The number of nitrogens with zero attached hydrogens (tertiary/aromatic N) is 1. The summed E-state index contributed by atoms with van der Waals surface area (Å²) >= 11 is 0. The Labute approximate surface area is 93.5 Å². The van der Waals surface area contributed by atoms with Gasteiger partial charge in [-0.15, -0.1) is 0 Å². The molecular formula is C12H15F2NO. The first-order valence-corrected chi connectivity index (χ1v) is 5.50. The van der Waals surface area contributed by atoms with E-state index in [0.717, 1.165) is 0 Å². The summed E-state index contributed by atoms with van der Waals surface area (Å²) in [6.45, 7) is 1.66. The van der Waals surface area contributed by atoms with Crippen molar-refractivity contribution < 1.29 is 13.9 Å². The van der Waals surface area contributed by atoms with Crippen LogP contribution in [0.4, 0.5) is 8.78 Å². The zero-order valence-electron chi connectivity index (χ0n) is 9.00. The van der Waals surface area contributed by atoms with E-state index < -0.39 is 11.6 Å². The summed E-state index contributed by atoms with van der Waals surface area (Å²) in [6.07, 6.45) is 1.09. The van der Waals surface area contributed by atoms with Crippen molar-refractivity contribution in [3.05, 3.63) is 35.4 Å². The van der Waals surface area contributed by atoms with E-state index in [2.05, 4.69) is 0 Å². The third kappa shape index (κ3) is 2.57. The minimum Gasteiger partial charge on any atom is -0.393 e. The summed E-state index contributed by atoms with van der Waals surface area (Å²) in [7, 11) is 0. The molecule has 88 valence electrons. The summed E-state index contributed by atoms with van der Waals surface area (Å²) in [6, 6.07) is 3.92. The molecule has 0 bridgehead atoms. The van der Waals surface area contributed by atoms with E-state index in [9.17, 15) is 13.9 Å². The van der Waals surface area contributed by atoms with Crippen molar-refractivity contribution in [1.82, 2.24) is 4.90 Å². The normalized spacial score (nSPS) is 18.9. The molecule has 1 saturated heterocycles. The van der Waals surface area contributed by atoms with E-state index in [0.29, 0.717) is 25.9 Å². The van der Waals surface area contributed by atoms with Crippen molar-refractivity contribution in [2.24, 2.45) is 0 Å².